The summed E-state index contributed by atoms with van der Waals surface area (Å²) < 4.78 is 0. The summed E-state index contributed by atoms with van der Waals surface area (Å²) in [7, 11) is 0. The van der Waals surface area contributed by atoms with Crippen molar-refractivity contribution in [1.82, 2.24) is 0 Å². The Morgan fingerprint density at radius 2 is 2.00 bits per heavy atom. The molecule has 0 aliphatic heterocycles. The van der Waals surface area contributed by atoms with Crippen molar-refractivity contribution >= 4 is 0 Å². The Labute approximate surface area is 100 Å². The Hall–Kier alpha value is 0.943. The number of hydrogen-bond donors (Lipinski definition) is 0. The molecule has 11 heavy (non-hydrogen) atoms. The van der Waals surface area contributed by atoms with Crippen molar-refractivity contribution < 1.29 is 51.0 Å². The van der Waals surface area contributed by atoms with E-state index >= 15 is 0 Å². The minimum Gasteiger partial charge on any atom is -1.00 e. The predicted octanol–water partition coefficient (Wildman–Crippen LogP) is -3.52. The Kier molecular flexibility index (Phi) is 14.7. The molecule has 0 aromatic carbocycles. The quantitative estimate of drug-likeness (QED) is 0.433. The van der Waals surface area contributed by atoms with E-state index < -0.39 is 0 Å². The van der Waals surface area contributed by atoms with Crippen LogP contribution in [0.3, 0.4) is 0 Å². The fraction of sp³-hybridized carbons (Fsp3) is 0.500. The van der Waals surface area contributed by atoms with Crippen LogP contribution in [0.4, 0.5) is 0 Å². The van der Waals surface area contributed by atoms with Gasteiger partial charge in [0.15, 0.2) is 0 Å². The molecular weight excluding hydrogens is 258 g/mol. The number of allylic oxidation sites excluding steroid dienone is 4. The molecule has 1 aliphatic rings. The second-order valence-electron chi connectivity index (χ2n) is 2.19. The van der Waals surface area contributed by atoms with Gasteiger partial charge in [-0.15, -0.1) is 0 Å². The van der Waals surface area contributed by atoms with Crippen molar-refractivity contribution in [2.45, 2.75) is 26.7 Å². The van der Waals surface area contributed by atoms with Gasteiger partial charge in [0.25, 0.3) is 0 Å². The van der Waals surface area contributed by atoms with Crippen molar-refractivity contribution in [3.05, 3.63) is 23.3 Å². The third-order valence-corrected chi connectivity index (χ3v) is 1.41. The molecule has 0 aromatic rings. The topological polar surface area (TPSA) is 0 Å². The zero-order chi connectivity index (χ0) is 5.98. The minimum absolute atomic E-state index is 0. The normalized spacial score (nSPS) is 13.3. The summed E-state index contributed by atoms with van der Waals surface area (Å²) in [6.45, 7) is 4.29. The van der Waals surface area contributed by atoms with Crippen LogP contribution in [0.2, 0.25) is 0 Å². The molecule has 0 bridgehead atoms. The van der Waals surface area contributed by atoms with E-state index in [0.29, 0.717) is 0 Å². The molecule has 3 heteroatoms. The van der Waals surface area contributed by atoms with Gasteiger partial charge >= 0.3 is 26.2 Å². The van der Waals surface area contributed by atoms with Gasteiger partial charge in [-0.25, -0.2) is 17.7 Å². The SMILES string of the molecule is CCC1=CCC(C)=[C-]1.[Cl-].[Cl-].[Zr+3]. The van der Waals surface area contributed by atoms with E-state index in [1.165, 1.54) is 11.1 Å². The van der Waals surface area contributed by atoms with E-state index in [1.54, 1.807) is 0 Å². The first-order valence-corrected chi connectivity index (χ1v) is 3.11. The van der Waals surface area contributed by atoms with Gasteiger partial charge in [0.1, 0.15) is 0 Å². The molecule has 1 aliphatic carbocycles. The fourth-order valence-electron chi connectivity index (χ4n) is 0.885. The molecule has 0 saturated carbocycles. The molecule has 1 rings (SSSR count). The van der Waals surface area contributed by atoms with Gasteiger partial charge in [-0.2, -0.15) is 5.57 Å². The maximum Gasteiger partial charge on any atom is 3.00 e. The smallest absolute Gasteiger partial charge is 1.00 e. The van der Waals surface area contributed by atoms with E-state index in [4.69, 9.17) is 0 Å². The van der Waals surface area contributed by atoms with Crippen LogP contribution in [-0.2, 0) is 26.2 Å². The maximum atomic E-state index is 3.28. The zero-order valence-electron chi connectivity index (χ0n) is 6.75. The second kappa shape index (κ2) is 9.03. The fourth-order valence-corrected chi connectivity index (χ4v) is 0.885. The van der Waals surface area contributed by atoms with Gasteiger partial charge in [0, 0.05) is 0 Å². The van der Waals surface area contributed by atoms with Gasteiger partial charge in [0.2, 0.25) is 0 Å². The molecule has 61 valence electrons. The second-order valence-corrected chi connectivity index (χ2v) is 2.19. The minimum atomic E-state index is 0. The van der Waals surface area contributed by atoms with Crippen LogP contribution in [0.1, 0.15) is 26.7 Å². The number of hydrogen-bond acceptors (Lipinski definition) is 0. The number of halogens is 2. The molecule has 0 amide bonds. The summed E-state index contributed by atoms with van der Waals surface area (Å²) in [5, 5.41) is 0. The van der Waals surface area contributed by atoms with E-state index in [0.717, 1.165) is 12.8 Å². The van der Waals surface area contributed by atoms with Gasteiger partial charge < -0.3 is 24.8 Å². The summed E-state index contributed by atoms with van der Waals surface area (Å²) >= 11 is 0. The summed E-state index contributed by atoms with van der Waals surface area (Å²) in [6.07, 6.45) is 7.79. The van der Waals surface area contributed by atoms with Crippen LogP contribution < -0.4 is 24.8 Å². The molecule has 0 spiro atoms. The average molecular weight is 269 g/mol. The summed E-state index contributed by atoms with van der Waals surface area (Å²) in [4.78, 5) is 0. The first-order chi connectivity index (χ1) is 3.83. The average Bonchev–Trinajstić information content (AvgIpc) is 2.14. The summed E-state index contributed by atoms with van der Waals surface area (Å²) in [5.41, 5.74) is 2.75. The van der Waals surface area contributed by atoms with E-state index in [2.05, 4.69) is 26.0 Å². The van der Waals surface area contributed by atoms with Crippen LogP contribution in [-0.4, -0.2) is 0 Å². The molecule has 0 aromatic heterocycles. The molecule has 0 atom stereocenters. The van der Waals surface area contributed by atoms with Crippen LogP contribution in [0.5, 0.6) is 0 Å². The molecule has 0 nitrogen and oxygen atoms in total. The van der Waals surface area contributed by atoms with Crippen LogP contribution in [0.15, 0.2) is 17.2 Å². The van der Waals surface area contributed by atoms with Crippen LogP contribution in [0, 0.1) is 6.08 Å². The summed E-state index contributed by atoms with van der Waals surface area (Å²) in [5.74, 6) is 0. The van der Waals surface area contributed by atoms with Gasteiger partial charge in [-0.3, -0.25) is 0 Å². The van der Waals surface area contributed by atoms with Gasteiger partial charge in [0.05, 0.1) is 0 Å². The van der Waals surface area contributed by atoms with E-state index in [1.807, 2.05) is 0 Å². The van der Waals surface area contributed by atoms with Crippen molar-refractivity contribution in [3.63, 3.8) is 0 Å². The third kappa shape index (κ3) is 6.14. The molecular formula is C8H11Cl2Zr. The molecule has 0 heterocycles. The van der Waals surface area contributed by atoms with Crippen molar-refractivity contribution in [1.29, 1.82) is 0 Å². The Balaban J connectivity index is -0.000000213. The Morgan fingerprint density at radius 1 is 1.45 bits per heavy atom. The predicted molar refractivity (Wildman–Crippen MR) is 35.4 cm³/mol. The largest absolute Gasteiger partial charge is 3.00 e. The molecule has 0 unspecified atom stereocenters. The molecule has 0 saturated heterocycles. The monoisotopic (exact) mass is 267 g/mol. The van der Waals surface area contributed by atoms with Crippen molar-refractivity contribution in [2.24, 2.45) is 0 Å². The summed E-state index contributed by atoms with van der Waals surface area (Å²) in [6, 6.07) is 0. The number of rotatable bonds is 1. The maximum absolute atomic E-state index is 3.28. The van der Waals surface area contributed by atoms with E-state index in [-0.39, 0.29) is 51.0 Å². The van der Waals surface area contributed by atoms with Crippen molar-refractivity contribution in [3.8, 4) is 0 Å². The van der Waals surface area contributed by atoms with E-state index in [9.17, 15) is 0 Å². The standard InChI is InChI=1S/C8H11.2ClH.Zr/c1-3-8-5-4-7(2)6-8;;;/h5H,3-4H2,1-2H3;2*1H;/q-1;;;+3/p-2. The van der Waals surface area contributed by atoms with Crippen LogP contribution >= 0.6 is 0 Å². The van der Waals surface area contributed by atoms with Gasteiger partial charge in [-0.05, 0) is 0 Å². The zero-order valence-corrected chi connectivity index (χ0v) is 10.7. The van der Waals surface area contributed by atoms with Gasteiger partial charge in [-0.1, -0.05) is 26.7 Å². The van der Waals surface area contributed by atoms with Crippen molar-refractivity contribution in [2.75, 3.05) is 0 Å². The van der Waals surface area contributed by atoms with Crippen LogP contribution in [0.25, 0.3) is 0 Å². The Bertz CT molecular complexity index is 150. The first-order valence-electron chi connectivity index (χ1n) is 3.11. The first kappa shape index (κ1) is 17.9. The Morgan fingerprint density at radius 3 is 2.18 bits per heavy atom. The third-order valence-electron chi connectivity index (χ3n) is 1.41. The molecule has 1 radical (unpaired) electrons. The molecule has 0 fully saturated rings. The molecule has 0 N–H and O–H groups in total.